The lowest BCUT2D eigenvalue weighted by Gasteiger charge is -2.38. The molecule has 0 saturated carbocycles. The molecule has 4 nitrogen and oxygen atoms in total. The fourth-order valence-corrected chi connectivity index (χ4v) is 2.46. The first-order valence-electron chi connectivity index (χ1n) is 7.68. The molecule has 2 aromatic carbocycles. The Kier molecular flexibility index (Phi) is 6.15. The largest absolute Gasteiger partial charge is 0.436 e. The number of halogens is 7. The standard InChI is InChI=1S/C17H14ClF6N3O/c1-10-5-2-3-8-13(10)14(28)25-15(16(19,20)21,17(22,23)24)27-26-12-7-4-6-11(18)9-12/h2-9,26-27H,1H3,(H,25,28). The van der Waals surface area contributed by atoms with E-state index in [1.54, 1.807) is 0 Å². The predicted molar refractivity (Wildman–Crippen MR) is 91.7 cm³/mol. The first-order valence-corrected chi connectivity index (χ1v) is 8.05. The highest BCUT2D eigenvalue weighted by atomic mass is 35.5. The number of hydrogen-bond donors (Lipinski definition) is 3. The quantitative estimate of drug-likeness (QED) is 0.366. The maximum absolute atomic E-state index is 13.6. The molecule has 2 aromatic rings. The number of hydrazine groups is 1. The highest BCUT2D eigenvalue weighted by molar-refractivity contribution is 6.30. The van der Waals surface area contributed by atoms with Crippen LogP contribution in [0.25, 0.3) is 0 Å². The van der Waals surface area contributed by atoms with Crippen molar-refractivity contribution in [3.05, 3.63) is 64.7 Å². The molecule has 0 aromatic heterocycles. The zero-order valence-electron chi connectivity index (χ0n) is 14.2. The van der Waals surface area contributed by atoms with Gasteiger partial charge in [-0.05, 0) is 36.8 Å². The summed E-state index contributed by atoms with van der Waals surface area (Å²) in [6.45, 7) is 1.38. The van der Waals surface area contributed by atoms with Crippen LogP contribution in [0, 0.1) is 6.92 Å². The SMILES string of the molecule is Cc1ccccc1C(=O)NC(NNc1cccc(Cl)c1)(C(F)(F)F)C(F)(F)F. The number of hydrogen-bond acceptors (Lipinski definition) is 3. The molecule has 0 fully saturated rings. The minimum Gasteiger partial charge on any atom is -0.319 e. The van der Waals surface area contributed by atoms with Gasteiger partial charge >= 0.3 is 18.0 Å². The zero-order chi connectivity index (χ0) is 21.2. The van der Waals surface area contributed by atoms with Gasteiger partial charge in [-0.25, -0.2) is 0 Å². The van der Waals surface area contributed by atoms with Crippen LogP contribution < -0.4 is 16.2 Å². The molecule has 0 unspecified atom stereocenters. The fraction of sp³-hybridized carbons (Fsp3) is 0.235. The van der Waals surface area contributed by atoms with Crippen LogP contribution in [0.1, 0.15) is 15.9 Å². The Morgan fingerprint density at radius 3 is 2.07 bits per heavy atom. The Morgan fingerprint density at radius 1 is 0.929 bits per heavy atom. The summed E-state index contributed by atoms with van der Waals surface area (Å²) in [6.07, 6.45) is -11.9. The van der Waals surface area contributed by atoms with Crippen molar-refractivity contribution in [2.24, 2.45) is 0 Å². The Hall–Kier alpha value is -2.46. The lowest BCUT2D eigenvalue weighted by Crippen LogP contribution is -2.76. The molecule has 152 valence electrons. The van der Waals surface area contributed by atoms with Crippen molar-refractivity contribution in [1.29, 1.82) is 0 Å². The number of aryl methyl sites for hydroxylation is 1. The highest BCUT2D eigenvalue weighted by Gasteiger charge is 2.72. The van der Waals surface area contributed by atoms with Gasteiger partial charge in [0.25, 0.3) is 5.91 Å². The molecule has 0 saturated heterocycles. The van der Waals surface area contributed by atoms with Crippen LogP contribution in [0.15, 0.2) is 48.5 Å². The van der Waals surface area contributed by atoms with E-state index in [-0.39, 0.29) is 21.8 Å². The highest BCUT2D eigenvalue weighted by Crippen LogP contribution is 2.41. The van der Waals surface area contributed by atoms with Gasteiger partial charge < -0.3 is 10.7 Å². The molecular formula is C17H14ClF6N3O. The van der Waals surface area contributed by atoms with Crippen LogP contribution in [0.3, 0.4) is 0 Å². The van der Waals surface area contributed by atoms with E-state index in [0.717, 1.165) is 17.4 Å². The van der Waals surface area contributed by atoms with Gasteiger partial charge in [0.15, 0.2) is 0 Å². The number of carbonyl (C=O) groups excluding carboxylic acids is 1. The number of alkyl halides is 6. The Labute approximate surface area is 160 Å². The minimum absolute atomic E-state index is 0.0837. The van der Waals surface area contributed by atoms with E-state index in [0.29, 0.717) is 0 Å². The molecule has 0 atom stereocenters. The van der Waals surface area contributed by atoms with Gasteiger partial charge in [0.2, 0.25) is 0 Å². The van der Waals surface area contributed by atoms with Gasteiger partial charge in [-0.1, -0.05) is 35.9 Å². The lowest BCUT2D eigenvalue weighted by molar-refractivity contribution is -0.312. The smallest absolute Gasteiger partial charge is 0.319 e. The van der Waals surface area contributed by atoms with Crippen molar-refractivity contribution in [3.63, 3.8) is 0 Å². The zero-order valence-corrected chi connectivity index (χ0v) is 14.9. The molecule has 0 aliphatic carbocycles. The number of carbonyl (C=O) groups is 1. The molecule has 0 bridgehead atoms. The first-order chi connectivity index (χ1) is 12.9. The van der Waals surface area contributed by atoms with Crippen LogP contribution in [-0.2, 0) is 0 Å². The second-order valence-corrected chi connectivity index (χ2v) is 6.21. The summed E-state index contributed by atoms with van der Waals surface area (Å²) in [4.78, 5) is 12.2. The van der Waals surface area contributed by atoms with Crippen LogP contribution in [0.5, 0.6) is 0 Å². The van der Waals surface area contributed by atoms with E-state index in [1.807, 2.05) is 5.43 Å². The molecule has 0 aliphatic rings. The molecular weight excluding hydrogens is 412 g/mol. The molecule has 11 heteroatoms. The summed E-state index contributed by atoms with van der Waals surface area (Å²) in [5, 5.41) is 1.14. The Morgan fingerprint density at radius 2 is 1.54 bits per heavy atom. The summed E-state index contributed by atoms with van der Waals surface area (Å²) in [6, 6.07) is 10.3. The number of amides is 1. The molecule has 0 radical (unpaired) electrons. The molecule has 2 rings (SSSR count). The summed E-state index contributed by atoms with van der Waals surface area (Å²) in [7, 11) is 0. The first kappa shape index (κ1) is 21.8. The van der Waals surface area contributed by atoms with Crippen molar-refractivity contribution in [2.45, 2.75) is 24.9 Å². The molecule has 1 amide bonds. The third-order valence-electron chi connectivity index (χ3n) is 3.76. The van der Waals surface area contributed by atoms with Gasteiger partial charge in [0.05, 0.1) is 5.69 Å². The van der Waals surface area contributed by atoms with E-state index in [1.165, 1.54) is 48.7 Å². The second kappa shape index (κ2) is 7.88. The predicted octanol–water partition coefficient (Wildman–Crippen LogP) is 4.82. The average Bonchev–Trinajstić information content (AvgIpc) is 2.56. The van der Waals surface area contributed by atoms with Gasteiger partial charge in [-0.3, -0.25) is 4.79 Å². The van der Waals surface area contributed by atoms with E-state index in [2.05, 4.69) is 0 Å². The molecule has 28 heavy (non-hydrogen) atoms. The number of rotatable bonds is 5. The van der Waals surface area contributed by atoms with Crippen LogP contribution >= 0.6 is 11.6 Å². The van der Waals surface area contributed by atoms with Gasteiger partial charge in [-0.15, -0.1) is 0 Å². The lowest BCUT2D eigenvalue weighted by atomic mass is 10.1. The third-order valence-corrected chi connectivity index (χ3v) is 4.00. The monoisotopic (exact) mass is 425 g/mol. The van der Waals surface area contributed by atoms with E-state index >= 15 is 0 Å². The van der Waals surface area contributed by atoms with Gasteiger partial charge in [0, 0.05) is 10.6 Å². The minimum atomic E-state index is -5.94. The Balaban J connectivity index is 2.43. The second-order valence-electron chi connectivity index (χ2n) is 5.77. The summed E-state index contributed by atoms with van der Waals surface area (Å²) < 4.78 is 81.4. The summed E-state index contributed by atoms with van der Waals surface area (Å²) >= 11 is 5.67. The van der Waals surface area contributed by atoms with Crippen molar-refractivity contribution >= 4 is 23.2 Å². The van der Waals surface area contributed by atoms with Gasteiger partial charge in [-0.2, -0.15) is 31.8 Å². The molecule has 0 spiro atoms. The van der Waals surface area contributed by atoms with E-state index < -0.39 is 23.9 Å². The fourth-order valence-electron chi connectivity index (χ4n) is 2.27. The summed E-state index contributed by atoms with van der Waals surface area (Å²) in [5.41, 5.74) is -2.04. The van der Waals surface area contributed by atoms with Gasteiger partial charge in [0.1, 0.15) is 0 Å². The topological polar surface area (TPSA) is 53.2 Å². The Bertz CT molecular complexity index is 839. The normalized spacial score (nSPS) is 12.6. The number of benzene rings is 2. The van der Waals surface area contributed by atoms with E-state index in [9.17, 15) is 31.1 Å². The molecule has 0 aliphatic heterocycles. The van der Waals surface area contributed by atoms with Crippen LogP contribution in [-0.4, -0.2) is 23.9 Å². The third kappa shape index (κ3) is 4.50. The van der Waals surface area contributed by atoms with Crippen molar-refractivity contribution in [1.82, 2.24) is 10.7 Å². The van der Waals surface area contributed by atoms with E-state index in [4.69, 9.17) is 11.6 Å². The van der Waals surface area contributed by atoms with Crippen molar-refractivity contribution < 1.29 is 31.1 Å². The summed E-state index contributed by atoms with van der Waals surface area (Å²) in [5.74, 6) is -1.55. The van der Waals surface area contributed by atoms with Crippen molar-refractivity contribution in [2.75, 3.05) is 5.43 Å². The number of anilines is 1. The van der Waals surface area contributed by atoms with Crippen molar-refractivity contribution in [3.8, 4) is 0 Å². The molecule has 0 heterocycles. The average molecular weight is 426 g/mol. The maximum atomic E-state index is 13.6. The molecule has 3 N–H and O–H groups in total. The number of nitrogens with one attached hydrogen (secondary N) is 3. The van der Waals surface area contributed by atoms with Crippen LogP contribution in [0.4, 0.5) is 32.0 Å². The van der Waals surface area contributed by atoms with Crippen LogP contribution in [0.2, 0.25) is 5.02 Å². The maximum Gasteiger partial charge on any atom is 0.436 e.